The van der Waals surface area contributed by atoms with Gasteiger partial charge in [0.05, 0.1) is 12.0 Å². The van der Waals surface area contributed by atoms with Crippen molar-refractivity contribution in [1.29, 1.82) is 0 Å². The molecule has 28 heavy (non-hydrogen) atoms. The van der Waals surface area contributed by atoms with Crippen LogP contribution in [0.4, 0.5) is 0 Å². The Morgan fingerprint density at radius 1 is 0.786 bits per heavy atom. The molecule has 0 heterocycles. The van der Waals surface area contributed by atoms with E-state index in [1.165, 1.54) is 0 Å². The fourth-order valence-electron chi connectivity index (χ4n) is 3.36. The molecule has 3 aromatic rings. The first-order valence-electron chi connectivity index (χ1n) is 9.15. The summed E-state index contributed by atoms with van der Waals surface area (Å²) in [4.78, 5) is 0.347. The van der Waals surface area contributed by atoms with Crippen molar-refractivity contribution in [3.63, 3.8) is 0 Å². The molecule has 0 atom stereocenters. The molecule has 0 saturated heterocycles. The Morgan fingerprint density at radius 3 is 1.61 bits per heavy atom. The van der Waals surface area contributed by atoms with Gasteiger partial charge in [-0.2, -0.15) is 4.31 Å². The summed E-state index contributed by atoms with van der Waals surface area (Å²) < 4.78 is 34.2. The van der Waals surface area contributed by atoms with Crippen LogP contribution in [0.1, 0.15) is 22.3 Å². The Hall–Kier alpha value is -2.63. The number of hydrogen-bond donors (Lipinski definition) is 0. The van der Waals surface area contributed by atoms with Crippen molar-refractivity contribution in [2.24, 2.45) is 0 Å². The molecule has 4 nitrogen and oxygen atoms in total. The van der Waals surface area contributed by atoms with Gasteiger partial charge in [0.25, 0.3) is 0 Å². The summed E-state index contributed by atoms with van der Waals surface area (Å²) in [6.45, 7) is 4.24. The van der Waals surface area contributed by atoms with E-state index in [0.29, 0.717) is 34.9 Å². The first kappa shape index (κ1) is 20.1. The maximum atomic E-state index is 13.7. The van der Waals surface area contributed by atoms with E-state index in [-0.39, 0.29) is 0 Å². The molecule has 3 rings (SSSR count). The molecule has 0 bridgehead atoms. The van der Waals surface area contributed by atoms with E-state index < -0.39 is 10.0 Å². The number of nitrogens with zero attached hydrogens (tertiary/aromatic N) is 1. The highest BCUT2D eigenvalue weighted by atomic mass is 32.2. The number of methoxy groups -OCH3 is 1. The summed E-state index contributed by atoms with van der Waals surface area (Å²) >= 11 is 0. The van der Waals surface area contributed by atoms with Gasteiger partial charge in [0.2, 0.25) is 10.0 Å². The summed E-state index contributed by atoms with van der Waals surface area (Å²) in [5.41, 5.74) is 3.27. The lowest BCUT2D eigenvalue weighted by molar-refractivity contribution is 0.399. The van der Waals surface area contributed by atoms with Crippen LogP contribution in [0.15, 0.2) is 77.7 Å². The number of ether oxygens (including phenoxy) is 1. The molecule has 0 unspecified atom stereocenters. The van der Waals surface area contributed by atoms with Gasteiger partial charge in [-0.25, -0.2) is 8.42 Å². The lowest BCUT2D eigenvalue weighted by Crippen LogP contribution is -2.31. The Balaban J connectivity index is 2.05. The van der Waals surface area contributed by atoms with Crippen LogP contribution >= 0.6 is 0 Å². The zero-order valence-corrected chi connectivity index (χ0v) is 17.2. The SMILES string of the molecule is COc1cc(C)c(S(=O)(=O)N(Cc2ccccc2)Cc2ccccc2)c(C)c1. The van der Waals surface area contributed by atoms with Gasteiger partial charge in [-0.3, -0.25) is 0 Å². The normalized spacial score (nSPS) is 11.6. The predicted molar refractivity (Wildman–Crippen MR) is 112 cm³/mol. The number of rotatable bonds is 7. The second-order valence-corrected chi connectivity index (χ2v) is 8.71. The third-order valence-corrected chi connectivity index (χ3v) is 6.77. The van der Waals surface area contributed by atoms with E-state index in [1.807, 2.05) is 74.5 Å². The minimum Gasteiger partial charge on any atom is -0.497 e. The minimum atomic E-state index is -3.71. The average molecular weight is 396 g/mol. The molecular formula is C23H25NO3S. The summed E-state index contributed by atoms with van der Waals surface area (Å²) in [5.74, 6) is 0.659. The smallest absolute Gasteiger partial charge is 0.244 e. The van der Waals surface area contributed by atoms with Crippen molar-refractivity contribution in [2.45, 2.75) is 31.8 Å². The fraction of sp³-hybridized carbons (Fsp3) is 0.217. The molecule has 0 spiro atoms. The molecule has 0 aromatic heterocycles. The first-order chi connectivity index (χ1) is 13.4. The molecule has 0 saturated carbocycles. The number of hydrogen-bond acceptors (Lipinski definition) is 3. The van der Waals surface area contributed by atoms with Gasteiger partial charge >= 0.3 is 0 Å². The minimum absolute atomic E-state index is 0.309. The van der Waals surface area contributed by atoms with E-state index in [2.05, 4.69) is 0 Å². The molecule has 146 valence electrons. The summed E-state index contributed by atoms with van der Waals surface area (Å²) in [7, 11) is -2.12. The molecule has 0 radical (unpaired) electrons. The predicted octanol–water partition coefficient (Wildman–Crippen LogP) is 4.70. The van der Waals surface area contributed by atoms with Crippen molar-refractivity contribution in [1.82, 2.24) is 4.31 Å². The van der Waals surface area contributed by atoms with Gasteiger partial charge < -0.3 is 4.74 Å². The molecule has 0 fully saturated rings. The molecule has 0 N–H and O–H groups in total. The lowest BCUT2D eigenvalue weighted by atomic mass is 10.1. The van der Waals surface area contributed by atoms with E-state index in [0.717, 1.165) is 11.1 Å². The quantitative estimate of drug-likeness (QED) is 0.582. The summed E-state index contributed by atoms with van der Waals surface area (Å²) in [6.07, 6.45) is 0. The van der Waals surface area contributed by atoms with Crippen molar-refractivity contribution >= 4 is 10.0 Å². The zero-order chi connectivity index (χ0) is 20.1. The van der Waals surface area contributed by atoms with Crippen LogP contribution in [0.25, 0.3) is 0 Å². The summed E-state index contributed by atoms with van der Waals surface area (Å²) in [5, 5.41) is 0. The van der Waals surface area contributed by atoms with E-state index in [4.69, 9.17) is 4.74 Å². The van der Waals surface area contributed by atoms with Gasteiger partial charge in [0.15, 0.2) is 0 Å². The van der Waals surface area contributed by atoms with Gasteiger partial charge in [-0.1, -0.05) is 60.7 Å². The van der Waals surface area contributed by atoms with Crippen LogP contribution in [-0.2, 0) is 23.1 Å². The van der Waals surface area contributed by atoms with Gasteiger partial charge in [-0.05, 0) is 48.2 Å². The molecular weight excluding hydrogens is 370 g/mol. The van der Waals surface area contributed by atoms with Gasteiger partial charge in [0.1, 0.15) is 5.75 Å². The highest BCUT2D eigenvalue weighted by Crippen LogP contribution is 2.30. The van der Waals surface area contributed by atoms with Crippen LogP contribution < -0.4 is 4.74 Å². The van der Waals surface area contributed by atoms with Crippen molar-refractivity contribution in [3.8, 4) is 5.75 Å². The van der Waals surface area contributed by atoms with E-state index in [9.17, 15) is 8.42 Å². The first-order valence-corrected chi connectivity index (χ1v) is 10.6. The topological polar surface area (TPSA) is 46.6 Å². The van der Waals surface area contributed by atoms with E-state index >= 15 is 0 Å². The maximum absolute atomic E-state index is 13.7. The monoisotopic (exact) mass is 395 g/mol. The van der Waals surface area contributed by atoms with Crippen molar-refractivity contribution in [2.75, 3.05) is 7.11 Å². The second-order valence-electron chi connectivity index (χ2n) is 6.83. The average Bonchev–Trinajstić information content (AvgIpc) is 2.68. The Kier molecular flexibility index (Phi) is 6.17. The van der Waals surface area contributed by atoms with Crippen molar-refractivity contribution < 1.29 is 13.2 Å². The molecule has 0 aliphatic carbocycles. The lowest BCUT2D eigenvalue weighted by Gasteiger charge is -2.25. The highest BCUT2D eigenvalue weighted by molar-refractivity contribution is 7.89. The summed E-state index contributed by atoms with van der Waals surface area (Å²) in [6, 6.07) is 22.9. The van der Waals surface area contributed by atoms with Crippen LogP contribution in [0, 0.1) is 13.8 Å². The molecule has 0 aliphatic rings. The number of benzene rings is 3. The molecule has 0 aliphatic heterocycles. The third-order valence-electron chi connectivity index (χ3n) is 4.67. The molecule has 0 amide bonds. The second kappa shape index (κ2) is 8.59. The number of sulfonamides is 1. The third kappa shape index (κ3) is 4.43. The highest BCUT2D eigenvalue weighted by Gasteiger charge is 2.28. The fourth-order valence-corrected chi connectivity index (χ4v) is 5.19. The standard InChI is InChI=1S/C23H25NO3S/c1-18-14-22(27-3)15-19(2)23(18)28(25,26)24(16-20-10-6-4-7-11-20)17-21-12-8-5-9-13-21/h4-15H,16-17H2,1-3H3. The zero-order valence-electron chi connectivity index (χ0n) is 16.4. The maximum Gasteiger partial charge on any atom is 0.244 e. The van der Waals surface area contributed by atoms with Crippen LogP contribution in [0.2, 0.25) is 0 Å². The van der Waals surface area contributed by atoms with Crippen LogP contribution in [0.5, 0.6) is 5.75 Å². The Morgan fingerprint density at radius 2 is 1.21 bits per heavy atom. The van der Waals surface area contributed by atoms with Crippen LogP contribution in [-0.4, -0.2) is 19.8 Å². The number of aryl methyl sites for hydroxylation is 2. The Labute approximate surface area is 167 Å². The molecule has 3 aromatic carbocycles. The Bertz CT molecular complexity index is 967. The van der Waals surface area contributed by atoms with Gasteiger partial charge in [-0.15, -0.1) is 0 Å². The molecule has 5 heteroatoms. The largest absolute Gasteiger partial charge is 0.497 e. The van der Waals surface area contributed by atoms with Crippen LogP contribution in [0.3, 0.4) is 0 Å². The van der Waals surface area contributed by atoms with E-state index in [1.54, 1.807) is 23.5 Å². The van der Waals surface area contributed by atoms with Crippen molar-refractivity contribution in [3.05, 3.63) is 95.1 Å². The van der Waals surface area contributed by atoms with Gasteiger partial charge in [0, 0.05) is 13.1 Å².